The molecule has 0 saturated carbocycles. The molecule has 2 fully saturated rings. The molecule has 0 aromatic rings. The third-order valence-electron chi connectivity index (χ3n) is 3.04. The van der Waals surface area contributed by atoms with Crippen molar-refractivity contribution in [1.29, 1.82) is 0 Å². The number of nitrogens with one attached hydrogen (secondary N) is 1. The van der Waals surface area contributed by atoms with Crippen LogP contribution in [0.15, 0.2) is 0 Å². The highest BCUT2D eigenvalue weighted by Crippen LogP contribution is 2.26. The van der Waals surface area contributed by atoms with E-state index in [1.807, 2.05) is 4.90 Å². The van der Waals surface area contributed by atoms with Gasteiger partial charge in [0.25, 0.3) is 0 Å². The van der Waals surface area contributed by atoms with Gasteiger partial charge in [-0.25, -0.2) is 0 Å². The van der Waals surface area contributed by atoms with E-state index in [4.69, 9.17) is 4.74 Å². The van der Waals surface area contributed by atoms with Gasteiger partial charge in [0.15, 0.2) is 0 Å². The van der Waals surface area contributed by atoms with Crippen molar-refractivity contribution in [3.63, 3.8) is 0 Å². The van der Waals surface area contributed by atoms with Crippen LogP contribution in [-0.2, 0) is 14.3 Å². The molecule has 2 aliphatic heterocycles. The Morgan fingerprint density at radius 3 is 3.13 bits per heavy atom. The van der Waals surface area contributed by atoms with Crippen molar-refractivity contribution in [1.82, 2.24) is 10.2 Å². The van der Waals surface area contributed by atoms with Gasteiger partial charge in [0.05, 0.1) is 12.6 Å². The highest BCUT2D eigenvalue weighted by molar-refractivity contribution is 5.85. The third kappa shape index (κ3) is 1.84. The molecule has 2 heterocycles. The standard InChI is InChI=1S/C10H16N2O3/c1-2-15-10(14)8-4-3-7-9(13)11-5-6-12(7)8/h7-8H,2-6H2,1H3,(H,11,13)/t7?,8-/m0/s1. The molecule has 0 bridgehead atoms. The van der Waals surface area contributed by atoms with Crippen LogP contribution in [0, 0.1) is 0 Å². The Bertz CT molecular complexity index is 280. The van der Waals surface area contributed by atoms with Crippen molar-refractivity contribution in [2.75, 3.05) is 19.7 Å². The molecule has 0 aromatic carbocycles. The minimum atomic E-state index is -0.207. The molecule has 2 saturated heterocycles. The molecule has 0 radical (unpaired) electrons. The molecule has 0 spiro atoms. The zero-order valence-corrected chi connectivity index (χ0v) is 8.86. The summed E-state index contributed by atoms with van der Waals surface area (Å²) in [6.07, 6.45) is 1.49. The largest absolute Gasteiger partial charge is 0.465 e. The molecular weight excluding hydrogens is 196 g/mol. The first-order valence-corrected chi connectivity index (χ1v) is 5.44. The van der Waals surface area contributed by atoms with E-state index in [9.17, 15) is 9.59 Å². The SMILES string of the molecule is CCOC(=O)[C@@H]1CCC2C(=O)NCCN21. The zero-order chi connectivity index (χ0) is 10.8. The highest BCUT2D eigenvalue weighted by Gasteiger charge is 2.43. The average Bonchev–Trinajstić information content (AvgIpc) is 2.63. The fourth-order valence-corrected chi connectivity index (χ4v) is 2.38. The summed E-state index contributed by atoms with van der Waals surface area (Å²) in [6.45, 7) is 3.58. The minimum absolute atomic E-state index is 0.0491. The van der Waals surface area contributed by atoms with Crippen LogP contribution in [0.4, 0.5) is 0 Å². The highest BCUT2D eigenvalue weighted by atomic mass is 16.5. The summed E-state index contributed by atoms with van der Waals surface area (Å²) in [5.41, 5.74) is 0. The number of fused-ring (bicyclic) bond motifs is 1. The number of amides is 1. The molecule has 15 heavy (non-hydrogen) atoms. The lowest BCUT2D eigenvalue weighted by Crippen LogP contribution is -2.55. The Morgan fingerprint density at radius 1 is 1.60 bits per heavy atom. The van der Waals surface area contributed by atoms with Gasteiger partial charge < -0.3 is 10.1 Å². The number of ether oxygens (including phenoxy) is 1. The summed E-state index contributed by atoms with van der Waals surface area (Å²) in [6, 6.07) is -0.325. The second-order valence-corrected chi connectivity index (χ2v) is 3.89. The van der Waals surface area contributed by atoms with E-state index >= 15 is 0 Å². The summed E-state index contributed by atoms with van der Waals surface area (Å²) in [5.74, 6) is -0.136. The lowest BCUT2D eigenvalue weighted by molar-refractivity contribution is -0.149. The predicted octanol–water partition coefficient (Wildman–Crippen LogP) is -0.488. The Labute approximate surface area is 88.8 Å². The lowest BCUT2D eigenvalue weighted by Gasteiger charge is -2.32. The molecule has 2 atom stereocenters. The Morgan fingerprint density at radius 2 is 2.40 bits per heavy atom. The lowest BCUT2D eigenvalue weighted by atomic mass is 10.2. The molecule has 0 aliphatic carbocycles. The summed E-state index contributed by atoms with van der Waals surface area (Å²) in [5, 5.41) is 2.81. The third-order valence-corrected chi connectivity index (χ3v) is 3.04. The number of hydrogen-bond donors (Lipinski definition) is 1. The molecule has 84 valence electrons. The van der Waals surface area contributed by atoms with Crippen molar-refractivity contribution in [2.45, 2.75) is 31.8 Å². The molecule has 1 amide bonds. The van der Waals surface area contributed by atoms with Crippen molar-refractivity contribution in [2.24, 2.45) is 0 Å². The summed E-state index contributed by atoms with van der Waals surface area (Å²) in [4.78, 5) is 25.1. The van der Waals surface area contributed by atoms with Gasteiger partial charge in [0, 0.05) is 13.1 Å². The second-order valence-electron chi connectivity index (χ2n) is 3.89. The molecule has 2 aliphatic rings. The van der Waals surface area contributed by atoms with Crippen molar-refractivity contribution < 1.29 is 14.3 Å². The van der Waals surface area contributed by atoms with Gasteiger partial charge in [-0.2, -0.15) is 0 Å². The van der Waals surface area contributed by atoms with Crippen molar-refractivity contribution in [3.8, 4) is 0 Å². The van der Waals surface area contributed by atoms with E-state index < -0.39 is 0 Å². The van der Waals surface area contributed by atoms with Crippen LogP contribution in [0.25, 0.3) is 0 Å². The van der Waals surface area contributed by atoms with Gasteiger partial charge in [0.2, 0.25) is 5.91 Å². The second kappa shape index (κ2) is 4.18. The van der Waals surface area contributed by atoms with Gasteiger partial charge in [-0.15, -0.1) is 0 Å². The number of nitrogens with zero attached hydrogens (tertiary/aromatic N) is 1. The van der Waals surface area contributed by atoms with Crippen LogP contribution >= 0.6 is 0 Å². The molecule has 5 nitrogen and oxygen atoms in total. The van der Waals surface area contributed by atoms with Crippen molar-refractivity contribution in [3.05, 3.63) is 0 Å². The van der Waals surface area contributed by atoms with E-state index in [1.54, 1.807) is 6.92 Å². The predicted molar refractivity (Wildman–Crippen MR) is 53.2 cm³/mol. The molecule has 2 rings (SSSR count). The van der Waals surface area contributed by atoms with Crippen molar-refractivity contribution >= 4 is 11.9 Å². The quantitative estimate of drug-likeness (QED) is 0.628. The fraction of sp³-hybridized carbons (Fsp3) is 0.800. The van der Waals surface area contributed by atoms with Crippen LogP contribution in [0.2, 0.25) is 0 Å². The summed E-state index contributed by atoms with van der Waals surface area (Å²) < 4.78 is 5.00. The number of piperazine rings is 1. The first-order valence-electron chi connectivity index (χ1n) is 5.44. The maximum Gasteiger partial charge on any atom is 0.323 e. The number of rotatable bonds is 2. The average molecular weight is 212 g/mol. The smallest absolute Gasteiger partial charge is 0.323 e. The monoisotopic (exact) mass is 212 g/mol. The first kappa shape index (κ1) is 10.4. The van der Waals surface area contributed by atoms with Gasteiger partial charge in [-0.3, -0.25) is 14.5 Å². The molecular formula is C10H16N2O3. The topological polar surface area (TPSA) is 58.6 Å². The van der Waals surface area contributed by atoms with E-state index in [0.29, 0.717) is 13.2 Å². The zero-order valence-electron chi connectivity index (χ0n) is 8.86. The number of carbonyl (C=O) groups excluding carboxylic acids is 2. The summed E-state index contributed by atoms with van der Waals surface area (Å²) in [7, 11) is 0. The van der Waals surface area contributed by atoms with Gasteiger partial charge in [0.1, 0.15) is 6.04 Å². The molecule has 5 heteroatoms. The minimum Gasteiger partial charge on any atom is -0.465 e. The van der Waals surface area contributed by atoms with E-state index in [-0.39, 0.29) is 24.0 Å². The van der Waals surface area contributed by atoms with E-state index in [1.165, 1.54) is 0 Å². The fourth-order valence-electron chi connectivity index (χ4n) is 2.38. The van der Waals surface area contributed by atoms with E-state index in [2.05, 4.69) is 5.32 Å². The maximum absolute atomic E-state index is 11.6. The van der Waals surface area contributed by atoms with Gasteiger partial charge >= 0.3 is 5.97 Å². The van der Waals surface area contributed by atoms with Crippen LogP contribution in [0.5, 0.6) is 0 Å². The van der Waals surface area contributed by atoms with Crippen LogP contribution < -0.4 is 5.32 Å². The van der Waals surface area contributed by atoms with E-state index in [0.717, 1.165) is 19.4 Å². The van der Waals surface area contributed by atoms with Crippen LogP contribution in [-0.4, -0.2) is 48.6 Å². The Balaban J connectivity index is 2.04. The van der Waals surface area contributed by atoms with Crippen LogP contribution in [0.1, 0.15) is 19.8 Å². The number of esters is 1. The summed E-state index contributed by atoms with van der Waals surface area (Å²) >= 11 is 0. The Kier molecular flexibility index (Phi) is 2.90. The maximum atomic E-state index is 11.6. The number of hydrogen-bond acceptors (Lipinski definition) is 4. The number of carbonyl (C=O) groups is 2. The normalized spacial score (nSPS) is 30.9. The van der Waals surface area contributed by atoms with Gasteiger partial charge in [-0.1, -0.05) is 0 Å². The van der Waals surface area contributed by atoms with Gasteiger partial charge in [-0.05, 0) is 19.8 Å². The molecule has 1 N–H and O–H groups in total. The van der Waals surface area contributed by atoms with Crippen LogP contribution in [0.3, 0.4) is 0 Å². The first-order chi connectivity index (χ1) is 7.24. The Hall–Kier alpha value is -1.10. The molecule has 1 unspecified atom stereocenters. The molecule has 0 aromatic heterocycles.